The highest BCUT2D eigenvalue weighted by Gasteiger charge is 2.48. The fraction of sp³-hybridized carbons (Fsp3) is 0.300. The van der Waals surface area contributed by atoms with Gasteiger partial charge in [0.25, 0.3) is 0 Å². The van der Waals surface area contributed by atoms with Gasteiger partial charge >= 0.3 is 0 Å². The summed E-state index contributed by atoms with van der Waals surface area (Å²) in [6.07, 6.45) is 4.15. The van der Waals surface area contributed by atoms with Crippen LogP contribution in [0.3, 0.4) is 0 Å². The van der Waals surface area contributed by atoms with Crippen LogP contribution in [-0.4, -0.2) is 14.4 Å². The third-order valence-electron chi connectivity index (χ3n) is 10.7. The zero-order valence-corrected chi connectivity index (χ0v) is 27.0. The van der Waals surface area contributed by atoms with Gasteiger partial charge in [-0.05, 0) is 88.4 Å². The Kier molecular flexibility index (Phi) is 4.35. The van der Waals surface area contributed by atoms with E-state index in [1.807, 2.05) is 0 Å². The summed E-state index contributed by atoms with van der Waals surface area (Å²) in [7, 11) is 0. The lowest BCUT2D eigenvalue weighted by atomic mass is 9.86. The van der Waals surface area contributed by atoms with Crippen LogP contribution in [0.1, 0.15) is 77.9 Å². The highest BCUT2D eigenvalue weighted by molar-refractivity contribution is 6.40. The maximum absolute atomic E-state index is 6.77. The first kappa shape index (κ1) is 26.0. The van der Waals surface area contributed by atoms with E-state index in [1.165, 1.54) is 70.5 Å². The van der Waals surface area contributed by atoms with Crippen molar-refractivity contribution in [2.45, 2.75) is 77.8 Å². The van der Waals surface area contributed by atoms with Crippen molar-refractivity contribution in [3.05, 3.63) is 89.5 Å². The number of benzene rings is 4. The Morgan fingerprint density at radius 2 is 0.956 bits per heavy atom. The molecule has 0 saturated carbocycles. The third-order valence-corrected chi connectivity index (χ3v) is 10.7. The van der Waals surface area contributed by atoms with Gasteiger partial charge in [0.15, 0.2) is 0 Å². The van der Waals surface area contributed by atoms with Gasteiger partial charge in [0.1, 0.15) is 11.2 Å². The van der Waals surface area contributed by atoms with Crippen molar-refractivity contribution in [1.82, 2.24) is 14.4 Å². The molecule has 0 saturated heterocycles. The lowest BCUT2D eigenvalue weighted by Crippen LogP contribution is -2.22. The van der Waals surface area contributed by atoms with Crippen molar-refractivity contribution in [3.63, 3.8) is 0 Å². The number of ether oxygens (including phenoxy) is 2. The number of nitrogens with zero attached hydrogens (tertiary/aromatic N) is 3. The number of rotatable bonds is 0. The molecule has 4 aromatic heterocycles. The molecular weight excluding hydrogens is 554 g/mol. The fourth-order valence-corrected chi connectivity index (χ4v) is 9.52. The van der Waals surface area contributed by atoms with Gasteiger partial charge in [-0.15, -0.1) is 0 Å². The first-order valence-electron chi connectivity index (χ1n) is 16.0. The number of hydrogen-bond acceptors (Lipinski definition) is 4. The molecule has 5 nitrogen and oxygen atoms in total. The Morgan fingerprint density at radius 3 is 1.53 bits per heavy atom. The lowest BCUT2D eigenvalue weighted by molar-refractivity contribution is -0.106. The first-order valence-corrected chi connectivity index (χ1v) is 16.0. The van der Waals surface area contributed by atoms with E-state index in [-0.39, 0.29) is 0 Å². The summed E-state index contributed by atoms with van der Waals surface area (Å²) in [5.74, 6) is 0. The van der Waals surface area contributed by atoms with Gasteiger partial charge in [0.05, 0.1) is 51.5 Å². The minimum Gasteiger partial charge on any atom is -0.359 e. The smallest absolute Gasteiger partial charge is 0.106 e. The Bertz CT molecular complexity index is 2660. The van der Waals surface area contributed by atoms with Crippen molar-refractivity contribution in [3.8, 4) is 0 Å². The summed E-state index contributed by atoms with van der Waals surface area (Å²) < 4.78 is 15.9. The summed E-state index contributed by atoms with van der Waals surface area (Å²) in [5, 5.41) is 12.6. The van der Waals surface area contributed by atoms with Crippen molar-refractivity contribution < 1.29 is 9.47 Å². The summed E-state index contributed by atoms with van der Waals surface area (Å²) in [5.41, 5.74) is 5.83. The highest BCUT2D eigenvalue weighted by atomic mass is 16.5. The normalized spacial score (nSPS) is 19.6. The molecule has 0 N–H and O–H groups in total. The number of aromatic nitrogens is 3. The molecule has 222 valence electrons. The van der Waals surface area contributed by atoms with E-state index in [0.717, 1.165) is 22.4 Å². The number of pyridine rings is 2. The van der Waals surface area contributed by atoms with Crippen LogP contribution in [0.15, 0.2) is 67.0 Å². The van der Waals surface area contributed by atoms with Crippen LogP contribution >= 0.6 is 0 Å². The molecule has 2 aliphatic rings. The van der Waals surface area contributed by atoms with E-state index in [1.54, 1.807) is 0 Å². The number of hydrogen-bond donors (Lipinski definition) is 0. The number of fused-ring (bicyclic) bond motifs is 17. The predicted molar refractivity (Wildman–Crippen MR) is 183 cm³/mol. The molecule has 0 bridgehead atoms. The van der Waals surface area contributed by atoms with Crippen LogP contribution in [0.5, 0.6) is 0 Å². The summed E-state index contributed by atoms with van der Waals surface area (Å²) in [4.78, 5) is 10.3. The molecule has 6 heterocycles. The van der Waals surface area contributed by atoms with Gasteiger partial charge in [0, 0.05) is 38.1 Å². The first-order chi connectivity index (χ1) is 21.3. The second kappa shape index (κ2) is 7.55. The maximum Gasteiger partial charge on any atom is 0.106 e. The summed E-state index contributed by atoms with van der Waals surface area (Å²) >= 11 is 0. The molecule has 0 fully saturated rings. The van der Waals surface area contributed by atoms with Crippen molar-refractivity contribution in [1.29, 1.82) is 0 Å². The SMILES string of the molecule is CC1(C)OC(C)(C)c2c1ncc1c2c2cc3c4ccccc4c4ccccc4c3c3c4c5c(ncc4n1c23)C(C)(C)OC5(C)C. The van der Waals surface area contributed by atoms with Crippen LogP contribution < -0.4 is 0 Å². The Hall–Kier alpha value is -4.32. The molecule has 10 rings (SSSR count). The maximum atomic E-state index is 6.77. The zero-order valence-electron chi connectivity index (χ0n) is 27.0. The lowest BCUT2D eigenvalue weighted by Gasteiger charge is -2.24. The van der Waals surface area contributed by atoms with Gasteiger partial charge in [-0.3, -0.25) is 9.97 Å². The van der Waals surface area contributed by atoms with Gasteiger partial charge < -0.3 is 13.9 Å². The van der Waals surface area contributed by atoms with Crippen molar-refractivity contribution in [2.75, 3.05) is 0 Å². The van der Waals surface area contributed by atoms with Gasteiger partial charge in [0.2, 0.25) is 0 Å². The van der Waals surface area contributed by atoms with Gasteiger partial charge in [-0.25, -0.2) is 0 Å². The minimum atomic E-state index is -0.516. The Labute approximate surface area is 261 Å². The second-order valence-corrected chi connectivity index (χ2v) is 15.2. The Balaban J connectivity index is 1.60. The molecule has 5 heteroatoms. The van der Waals surface area contributed by atoms with Crippen LogP contribution in [0.4, 0.5) is 0 Å². The molecule has 2 aliphatic heterocycles. The van der Waals surface area contributed by atoms with Crippen molar-refractivity contribution >= 4 is 70.4 Å². The molecule has 0 amide bonds. The van der Waals surface area contributed by atoms with E-state index in [0.29, 0.717) is 0 Å². The molecule has 0 spiro atoms. The van der Waals surface area contributed by atoms with E-state index < -0.39 is 22.4 Å². The summed E-state index contributed by atoms with van der Waals surface area (Å²) in [6.45, 7) is 17.3. The van der Waals surface area contributed by atoms with Crippen LogP contribution in [0, 0.1) is 0 Å². The van der Waals surface area contributed by atoms with Crippen LogP contribution in [-0.2, 0) is 31.9 Å². The van der Waals surface area contributed by atoms with Gasteiger partial charge in [-0.2, -0.15) is 0 Å². The Morgan fingerprint density at radius 1 is 0.489 bits per heavy atom. The van der Waals surface area contributed by atoms with E-state index in [2.05, 4.69) is 127 Å². The average Bonchev–Trinajstić information content (AvgIpc) is 3.62. The van der Waals surface area contributed by atoms with Crippen LogP contribution in [0.2, 0.25) is 0 Å². The molecule has 0 radical (unpaired) electrons. The quantitative estimate of drug-likeness (QED) is 0.165. The third kappa shape index (κ3) is 2.89. The van der Waals surface area contributed by atoms with Crippen molar-refractivity contribution in [2.24, 2.45) is 0 Å². The molecule has 8 aromatic rings. The van der Waals surface area contributed by atoms with E-state index >= 15 is 0 Å². The van der Waals surface area contributed by atoms with E-state index in [9.17, 15) is 0 Å². The minimum absolute atomic E-state index is 0.485. The highest BCUT2D eigenvalue weighted by Crippen LogP contribution is 2.56. The monoisotopic (exact) mass is 589 g/mol. The largest absolute Gasteiger partial charge is 0.359 e. The molecule has 0 aliphatic carbocycles. The second-order valence-electron chi connectivity index (χ2n) is 15.2. The molecule has 0 atom stereocenters. The van der Waals surface area contributed by atoms with Gasteiger partial charge in [-0.1, -0.05) is 48.5 Å². The summed E-state index contributed by atoms with van der Waals surface area (Å²) in [6, 6.07) is 20.2. The zero-order chi connectivity index (χ0) is 31.0. The topological polar surface area (TPSA) is 48.7 Å². The molecule has 4 aromatic carbocycles. The fourth-order valence-electron chi connectivity index (χ4n) is 9.52. The van der Waals surface area contributed by atoms with E-state index in [4.69, 9.17) is 19.4 Å². The standard InChI is InChI=1S/C40H35N3O2/c1-37(2)32-29-25-17-24-22-15-10-9-13-20(22)21-14-11-12-16-23(21)28(24)31-30-27(19-42-36-33(30)38(3,4)45-40(36,7)8)43(34(25)31)26(29)18-41-35(32)39(5,6)44-37/h9-19H,1-8H3. The predicted octanol–water partition coefficient (Wildman–Crippen LogP) is 10.1. The average molecular weight is 590 g/mol. The van der Waals surface area contributed by atoms with Crippen LogP contribution in [0.25, 0.3) is 70.4 Å². The molecular formula is C40H35N3O2. The molecule has 0 unspecified atom stereocenters. The molecule has 45 heavy (non-hydrogen) atoms.